The van der Waals surface area contributed by atoms with Gasteiger partial charge < -0.3 is 19.9 Å². The van der Waals surface area contributed by atoms with E-state index in [2.05, 4.69) is 15.0 Å². The fourth-order valence-electron chi connectivity index (χ4n) is 3.47. The van der Waals surface area contributed by atoms with Crippen LogP contribution in [0.25, 0.3) is 22.4 Å². The van der Waals surface area contributed by atoms with Gasteiger partial charge in [-0.05, 0) is 24.8 Å². The average molecular weight is 312 g/mol. The van der Waals surface area contributed by atoms with Crippen molar-refractivity contribution in [2.75, 3.05) is 7.11 Å². The number of methoxy groups -OCH3 is 1. The highest BCUT2D eigenvalue weighted by molar-refractivity contribution is 5.85. The van der Waals surface area contributed by atoms with Crippen LogP contribution in [0.2, 0.25) is 0 Å². The summed E-state index contributed by atoms with van der Waals surface area (Å²) in [5.41, 5.74) is 9.05. The Labute approximate surface area is 134 Å². The highest BCUT2D eigenvalue weighted by Crippen LogP contribution is 2.36. The molecule has 23 heavy (non-hydrogen) atoms. The van der Waals surface area contributed by atoms with E-state index in [4.69, 9.17) is 14.9 Å². The topological polar surface area (TPSA) is 90.0 Å². The van der Waals surface area contributed by atoms with Crippen LogP contribution in [0.4, 0.5) is 0 Å². The molecule has 6 nitrogen and oxygen atoms in total. The Kier molecular flexibility index (Phi) is 3.53. The molecule has 1 saturated carbocycles. The van der Waals surface area contributed by atoms with Crippen molar-refractivity contribution >= 4 is 11.0 Å². The zero-order valence-corrected chi connectivity index (χ0v) is 13.1. The summed E-state index contributed by atoms with van der Waals surface area (Å²) in [4.78, 5) is 12.0. The van der Waals surface area contributed by atoms with E-state index in [0.717, 1.165) is 22.4 Å². The number of aromatic nitrogens is 3. The minimum absolute atomic E-state index is 0.0374. The smallest absolute Gasteiger partial charge is 0.181 e. The van der Waals surface area contributed by atoms with Gasteiger partial charge in [-0.1, -0.05) is 12.8 Å². The van der Waals surface area contributed by atoms with Gasteiger partial charge in [0, 0.05) is 6.07 Å². The molecular weight excluding hydrogens is 292 g/mol. The largest absolute Gasteiger partial charge is 0.496 e. The third-order valence-corrected chi connectivity index (χ3v) is 4.74. The number of hydrogen-bond acceptors (Lipinski definition) is 5. The van der Waals surface area contributed by atoms with Crippen LogP contribution in [-0.4, -0.2) is 22.1 Å². The molecule has 3 N–H and O–H groups in total. The Hall–Kier alpha value is -2.34. The van der Waals surface area contributed by atoms with Gasteiger partial charge in [0.25, 0.3) is 0 Å². The van der Waals surface area contributed by atoms with E-state index in [-0.39, 0.29) is 6.04 Å². The molecule has 0 aliphatic heterocycles. The van der Waals surface area contributed by atoms with Gasteiger partial charge in [-0.15, -0.1) is 0 Å². The van der Waals surface area contributed by atoms with Crippen LogP contribution in [0.15, 0.2) is 29.1 Å². The summed E-state index contributed by atoms with van der Waals surface area (Å²) < 4.78 is 10.9. The molecule has 0 amide bonds. The number of fused-ring (bicyclic) bond motifs is 1. The lowest BCUT2D eigenvalue weighted by Gasteiger charge is -2.15. The van der Waals surface area contributed by atoms with Gasteiger partial charge in [-0.3, -0.25) is 0 Å². The lowest BCUT2D eigenvalue weighted by molar-refractivity contribution is 0.415. The highest BCUT2D eigenvalue weighted by Gasteiger charge is 2.26. The second-order valence-electron chi connectivity index (χ2n) is 6.13. The summed E-state index contributed by atoms with van der Waals surface area (Å²) in [6, 6.07) is 3.85. The van der Waals surface area contributed by atoms with E-state index in [1.165, 1.54) is 32.1 Å². The normalized spacial score (nSPS) is 17.0. The monoisotopic (exact) mass is 312 g/mol. The molecule has 1 aliphatic rings. The van der Waals surface area contributed by atoms with E-state index >= 15 is 0 Å². The predicted octanol–water partition coefficient (Wildman–Crippen LogP) is 3.42. The summed E-state index contributed by atoms with van der Waals surface area (Å²) in [5, 5.41) is 0. The van der Waals surface area contributed by atoms with Crippen molar-refractivity contribution in [3.8, 4) is 17.1 Å². The van der Waals surface area contributed by atoms with Crippen LogP contribution < -0.4 is 10.5 Å². The van der Waals surface area contributed by atoms with Crippen LogP contribution in [-0.2, 0) is 0 Å². The van der Waals surface area contributed by atoms with Crippen molar-refractivity contribution < 1.29 is 9.15 Å². The maximum absolute atomic E-state index is 6.41. The summed E-state index contributed by atoms with van der Waals surface area (Å²) in [7, 11) is 1.64. The van der Waals surface area contributed by atoms with E-state index in [1.54, 1.807) is 13.3 Å². The molecule has 1 aromatic carbocycles. The minimum atomic E-state index is -0.0374. The molecule has 4 rings (SSSR count). The Morgan fingerprint density at radius 2 is 2.17 bits per heavy atom. The number of imidazole rings is 1. The SMILES string of the molecule is COc1cc2nc([C@H](N)C3CCCC3)[nH]c2cc1-c1cnco1. The Balaban J connectivity index is 1.76. The van der Waals surface area contributed by atoms with Gasteiger partial charge in [0.05, 0.1) is 35.9 Å². The first-order chi connectivity index (χ1) is 11.3. The number of nitrogens with two attached hydrogens (primary N) is 1. The van der Waals surface area contributed by atoms with Crippen molar-refractivity contribution in [2.24, 2.45) is 11.7 Å². The van der Waals surface area contributed by atoms with Gasteiger partial charge >= 0.3 is 0 Å². The average Bonchev–Trinajstić information content (AvgIpc) is 3.33. The number of rotatable bonds is 4. The van der Waals surface area contributed by atoms with Gasteiger partial charge in [0.1, 0.15) is 11.6 Å². The molecule has 0 spiro atoms. The molecule has 0 unspecified atom stereocenters. The highest BCUT2D eigenvalue weighted by atomic mass is 16.5. The molecule has 1 atom stereocenters. The minimum Gasteiger partial charge on any atom is -0.496 e. The number of nitrogens with one attached hydrogen (secondary N) is 1. The first kappa shape index (κ1) is 14.3. The van der Waals surface area contributed by atoms with E-state index < -0.39 is 0 Å². The molecular formula is C17H20N4O2. The van der Waals surface area contributed by atoms with Crippen molar-refractivity contribution in [3.05, 3.63) is 30.5 Å². The van der Waals surface area contributed by atoms with Crippen molar-refractivity contribution in [1.82, 2.24) is 15.0 Å². The third-order valence-electron chi connectivity index (χ3n) is 4.74. The summed E-state index contributed by atoms with van der Waals surface area (Å²) in [5.74, 6) is 2.75. The zero-order chi connectivity index (χ0) is 15.8. The fourth-order valence-corrected chi connectivity index (χ4v) is 3.47. The van der Waals surface area contributed by atoms with Crippen LogP contribution in [0.3, 0.4) is 0 Å². The first-order valence-electron chi connectivity index (χ1n) is 7.98. The molecule has 120 valence electrons. The number of ether oxygens (including phenoxy) is 1. The molecule has 0 radical (unpaired) electrons. The molecule has 0 saturated heterocycles. The number of H-pyrrole nitrogens is 1. The van der Waals surface area contributed by atoms with E-state index in [0.29, 0.717) is 17.4 Å². The predicted molar refractivity (Wildman–Crippen MR) is 87.0 cm³/mol. The lowest BCUT2D eigenvalue weighted by atomic mass is 9.99. The summed E-state index contributed by atoms with van der Waals surface area (Å²) in [6.45, 7) is 0. The second-order valence-corrected chi connectivity index (χ2v) is 6.13. The number of aromatic amines is 1. The molecule has 1 fully saturated rings. The summed E-state index contributed by atoms with van der Waals surface area (Å²) in [6.07, 6.45) is 7.98. The number of oxazole rings is 1. The maximum atomic E-state index is 6.41. The van der Waals surface area contributed by atoms with Gasteiger partial charge in [-0.2, -0.15) is 0 Å². The van der Waals surface area contributed by atoms with Gasteiger partial charge in [0.2, 0.25) is 0 Å². The Morgan fingerprint density at radius 3 is 2.87 bits per heavy atom. The molecule has 6 heteroatoms. The lowest BCUT2D eigenvalue weighted by Crippen LogP contribution is -2.20. The Morgan fingerprint density at radius 1 is 1.35 bits per heavy atom. The van der Waals surface area contributed by atoms with Crippen molar-refractivity contribution in [3.63, 3.8) is 0 Å². The standard InChI is InChI=1S/C17H20N4O2/c1-22-14-7-13-12(6-11(14)15-8-19-9-23-15)20-17(21-13)16(18)10-4-2-3-5-10/h6-10,16H,2-5,18H2,1H3,(H,20,21)/t16-/m1/s1. The van der Waals surface area contributed by atoms with Crippen LogP contribution in [0.1, 0.15) is 37.5 Å². The van der Waals surface area contributed by atoms with Crippen molar-refractivity contribution in [2.45, 2.75) is 31.7 Å². The van der Waals surface area contributed by atoms with Gasteiger partial charge in [-0.25, -0.2) is 9.97 Å². The number of benzene rings is 1. The third kappa shape index (κ3) is 2.49. The van der Waals surface area contributed by atoms with Crippen LogP contribution in [0, 0.1) is 5.92 Å². The second kappa shape index (κ2) is 5.70. The maximum Gasteiger partial charge on any atom is 0.181 e. The Bertz CT molecular complexity index is 803. The van der Waals surface area contributed by atoms with Crippen LogP contribution in [0.5, 0.6) is 5.75 Å². The zero-order valence-electron chi connectivity index (χ0n) is 13.1. The number of hydrogen-bond donors (Lipinski definition) is 2. The molecule has 2 aromatic heterocycles. The van der Waals surface area contributed by atoms with E-state index in [1.807, 2.05) is 12.1 Å². The molecule has 1 aliphatic carbocycles. The van der Waals surface area contributed by atoms with Crippen molar-refractivity contribution in [1.29, 1.82) is 0 Å². The molecule has 0 bridgehead atoms. The first-order valence-corrected chi connectivity index (χ1v) is 7.98. The molecule has 2 heterocycles. The molecule has 3 aromatic rings. The van der Waals surface area contributed by atoms with Gasteiger partial charge in [0.15, 0.2) is 12.2 Å². The number of nitrogens with zero attached hydrogens (tertiary/aromatic N) is 2. The quantitative estimate of drug-likeness (QED) is 0.770. The van der Waals surface area contributed by atoms with Crippen LogP contribution >= 0.6 is 0 Å². The fraction of sp³-hybridized carbons (Fsp3) is 0.412. The van der Waals surface area contributed by atoms with E-state index in [9.17, 15) is 0 Å². The summed E-state index contributed by atoms with van der Waals surface area (Å²) >= 11 is 0.